The Kier molecular flexibility index (Phi) is 6.49. The fourth-order valence-electron chi connectivity index (χ4n) is 3.65. The Balaban J connectivity index is 1.58. The standard InChI is InChI=1S/C25H28N4OS/c1-17-18(2)31-25-23(17)24(26-14-20-11-8-12-21(13-20)30-4)27-22(28-25)16-29(3)15-19-9-6-5-7-10-19/h5-13H,14-16H2,1-4H3,(H,26,27,28). The Morgan fingerprint density at radius 3 is 2.52 bits per heavy atom. The lowest BCUT2D eigenvalue weighted by atomic mass is 10.2. The predicted octanol–water partition coefficient (Wildman–Crippen LogP) is 5.56. The molecular formula is C25H28N4OS. The number of hydrogen-bond donors (Lipinski definition) is 1. The van der Waals surface area contributed by atoms with Gasteiger partial charge in [0.15, 0.2) is 0 Å². The summed E-state index contributed by atoms with van der Waals surface area (Å²) in [6, 6.07) is 18.6. The van der Waals surface area contributed by atoms with Gasteiger partial charge in [-0.25, -0.2) is 9.97 Å². The summed E-state index contributed by atoms with van der Waals surface area (Å²) in [5, 5.41) is 4.68. The van der Waals surface area contributed by atoms with E-state index in [9.17, 15) is 0 Å². The van der Waals surface area contributed by atoms with Crippen molar-refractivity contribution in [2.24, 2.45) is 0 Å². The molecule has 4 rings (SSSR count). The molecule has 5 nitrogen and oxygen atoms in total. The Morgan fingerprint density at radius 1 is 0.968 bits per heavy atom. The molecule has 0 unspecified atom stereocenters. The van der Waals surface area contributed by atoms with Gasteiger partial charge in [0, 0.05) is 18.0 Å². The SMILES string of the molecule is COc1cccc(CNc2nc(CN(C)Cc3ccccc3)nc3sc(C)c(C)c23)c1. The minimum atomic E-state index is 0.678. The first-order valence-electron chi connectivity index (χ1n) is 10.4. The normalized spacial score (nSPS) is 11.3. The molecule has 6 heteroatoms. The summed E-state index contributed by atoms with van der Waals surface area (Å²) in [5.74, 6) is 2.59. The van der Waals surface area contributed by atoms with Gasteiger partial charge in [-0.2, -0.15) is 0 Å². The third kappa shape index (κ3) is 5.03. The number of methoxy groups -OCH3 is 1. The molecule has 0 aliphatic carbocycles. The van der Waals surface area contributed by atoms with Crippen molar-refractivity contribution in [3.8, 4) is 5.75 Å². The molecule has 0 aliphatic heterocycles. The van der Waals surface area contributed by atoms with Crippen LogP contribution < -0.4 is 10.1 Å². The number of benzene rings is 2. The fraction of sp³-hybridized carbons (Fsp3) is 0.280. The maximum absolute atomic E-state index is 5.35. The van der Waals surface area contributed by atoms with E-state index < -0.39 is 0 Å². The van der Waals surface area contributed by atoms with E-state index in [4.69, 9.17) is 14.7 Å². The van der Waals surface area contributed by atoms with Crippen LogP contribution in [0.25, 0.3) is 10.2 Å². The van der Waals surface area contributed by atoms with Crippen LogP contribution in [0.1, 0.15) is 27.4 Å². The second-order valence-electron chi connectivity index (χ2n) is 7.81. The zero-order valence-corrected chi connectivity index (χ0v) is 19.3. The van der Waals surface area contributed by atoms with Crippen molar-refractivity contribution < 1.29 is 4.74 Å². The molecular weight excluding hydrogens is 404 g/mol. The molecule has 4 aromatic rings. The lowest BCUT2D eigenvalue weighted by molar-refractivity contribution is 0.311. The van der Waals surface area contributed by atoms with Gasteiger partial charge in [-0.3, -0.25) is 4.90 Å². The molecule has 31 heavy (non-hydrogen) atoms. The van der Waals surface area contributed by atoms with Crippen LogP contribution in [0.4, 0.5) is 5.82 Å². The van der Waals surface area contributed by atoms with E-state index in [1.54, 1.807) is 18.4 Å². The summed E-state index contributed by atoms with van der Waals surface area (Å²) < 4.78 is 5.35. The number of hydrogen-bond acceptors (Lipinski definition) is 6. The highest BCUT2D eigenvalue weighted by Gasteiger charge is 2.15. The number of rotatable bonds is 8. The number of aromatic nitrogens is 2. The van der Waals surface area contributed by atoms with Gasteiger partial charge in [0.25, 0.3) is 0 Å². The molecule has 0 fully saturated rings. The molecule has 160 valence electrons. The number of anilines is 1. The number of nitrogens with zero attached hydrogens (tertiary/aromatic N) is 3. The first-order chi connectivity index (χ1) is 15.0. The van der Waals surface area contributed by atoms with Crippen molar-refractivity contribution in [3.05, 3.63) is 82.0 Å². The van der Waals surface area contributed by atoms with Crippen LogP contribution in [0.2, 0.25) is 0 Å². The Morgan fingerprint density at radius 2 is 1.74 bits per heavy atom. The van der Waals surface area contributed by atoms with Gasteiger partial charge in [0.05, 0.1) is 19.0 Å². The van der Waals surface area contributed by atoms with Crippen molar-refractivity contribution in [2.45, 2.75) is 33.5 Å². The second-order valence-corrected chi connectivity index (χ2v) is 9.02. The van der Waals surface area contributed by atoms with E-state index in [0.29, 0.717) is 13.1 Å². The highest BCUT2D eigenvalue weighted by atomic mass is 32.1. The van der Waals surface area contributed by atoms with Crippen LogP contribution in [0, 0.1) is 13.8 Å². The van der Waals surface area contributed by atoms with Gasteiger partial charge in [-0.1, -0.05) is 42.5 Å². The van der Waals surface area contributed by atoms with Crippen molar-refractivity contribution in [1.29, 1.82) is 0 Å². The van der Waals surface area contributed by atoms with Crippen LogP contribution >= 0.6 is 11.3 Å². The molecule has 2 aromatic heterocycles. The summed E-state index contributed by atoms with van der Waals surface area (Å²) in [4.78, 5) is 14.4. The molecule has 0 bridgehead atoms. The largest absolute Gasteiger partial charge is 0.497 e. The highest BCUT2D eigenvalue weighted by molar-refractivity contribution is 7.18. The monoisotopic (exact) mass is 432 g/mol. The smallest absolute Gasteiger partial charge is 0.146 e. The molecule has 1 N–H and O–H groups in total. The first-order valence-corrected chi connectivity index (χ1v) is 11.2. The maximum Gasteiger partial charge on any atom is 0.146 e. The van der Waals surface area contributed by atoms with Gasteiger partial charge >= 0.3 is 0 Å². The average molecular weight is 433 g/mol. The Labute approximate surface area is 187 Å². The first kappa shape index (κ1) is 21.3. The predicted molar refractivity (Wildman–Crippen MR) is 129 cm³/mol. The van der Waals surface area contributed by atoms with E-state index in [1.807, 2.05) is 24.3 Å². The third-order valence-corrected chi connectivity index (χ3v) is 6.48. The molecule has 0 amide bonds. The van der Waals surface area contributed by atoms with Crippen LogP contribution in [-0.4, -0.2) is 29.0 Å². The van der Waals surface area contributed by atoms with E-state index in [-0.39, 0.29) is 0 Å². The molecule has 2 heterocycles. The number of nitrogens with one attached hydrogen (secondary N) is 1. The van der Waals surface area contributed by atoms with Gasteiger partial charge < -0.3 is 10.1 Å². The molecule has 0 aliphatic rings. The summed E-state index contributed by atoms with van der Waals surface area (Å²) >= 11 is 1.74. The minimum absolute atomic E-state index is 0.678. The van der Waals surface area contributed by atoms with Crippen LogP contribution in [0.15, 0.2) is 54.6 Å². The number of fused-ring (bicyclic) bond motifs is 1. The molecule has 0 saturated heterocycles. The fourth-order valence-corrected chi connectivity index (χ4v) is 4.70. The lowest BCUT2D eigenvalue weighted by Gasteiger charge is -2.17. The molecule has 0 atom stereocenters. The molecule has 0 saturated carbocycles. The van der Waals surface area contributed by atoms with Crippen molar-refractivity contribution in [2.75, 3.05) is 19.5 Å². The Bertz CT molecular complexity index is 1170. The zero-order valence-electron chi connectivity index (χ0n) is 18.5. The van der Waals surface area contributed by atoms with Crippen LogP contribution in [0.3, 0.4) is 0 Å². The maximum atomic E-state index is 5.35. The third-order valence-electron chi connectivity index (χ3n) is 5.38. The van der Waals surface area contributed by atoms with E-state index in [2.05, 4.69) is 61.4 Å². The van der Waals surface area contributed by atoms with Crippen molar-refractivity contribution in [3.63, 3.8) is 0 Å². The number of aryl methyl sites for hydroxylation is 2. The van der Waals surface area contributed by atoms with Crippen LogP contribution in [0.5, 0.6) is 5.75 Å². The molecule has 2 aromatic carbocycles. The summed E-state index contributed by atoms with van der Waals surface area (Å²) in [6.45, 7) is 6.52. The highest BCUT2D eigenvalue weighted by Crippen LogP contribution is 2.33. The summed E-state index contributed by atoms with van der Waals surface area (Å²) in [7, 11) is 3.80. The number of thiophene rings is 1. The lowest BCUT2D eigenvalue weighted by Crippen LogP contribution is -2.19. The molecule has 0 spiro atoms. The topological polar surface area (TPSA) is 50.3 Å². The average Bonchev–Trinajstić information content (AvgIpc) is 3.06. The van der Waals surface area contributed by atoms with Gasteiger partial charge in [-0.05, 0) is 49.7 Å². The van der Waals surface area contributed by atoms with Gasteiger partial charge in [-0.15, -0.1) is 11.3 Å². The van der Waals surface area contributed by atoms with Crippen molar-refractivity contribution in [1.82, 2.24) is 14.9 Å². The van der Waals surface area contributed by atoms with E-state index >= 15 is 0 Å². The quantitative estimate of drug-likeness (QED) is 0.395. The number of ether oxygens (including phenoxy) is 1. The Hall–Kier alpha value is -2.96. The van der Waals surface area contributed by atoms with Gasteiger partial charge in [0.2, 0.25) is 0 Å². The zero-order chi connectivity index (χ0) is 21.8. The summed E-state index contributed by atoms with van der Waals surface area (Å²) in [6.07, 6.45) is 0. The van der Waals surface area contributed by atoms with E-state index in [0.717, 1.165) is 39.7 Å². The van der Waals surface area contributed by atoms with Gasteiger partial charge in [0.1, 0.15) is 22.2 Å². The summed E-state index contributed by atoms with van der Waals surface area (Å²) in [5.41, 5.74) is 3.68. The van der Waals surface area contributed by atoms with Crippen molar-refractivity contribution >= 4 is 27.4 Å². The second kappa shape index (κ2) is 9.45. The molecule has 0 radical (unpaired) electrons. The van der Waals surface area contributed by atoms with Crippen LogP contribution in [-0.2, 0) is 19.6 Å². The minimum Gasteiger partial charge on any atom is -0.497 e. The van der Waals surface area contributed by atoms with E-state index in [1.165, 1.54) is 16.0 Å².